The van der Waals surface area contributed by atoms with Crippen LogP contribution in [-0.2, 0) is 0 Å². The molecule has 0 bridgehead atoms. The molecule has 0 radical (unpaired) electrons. The SMILES string of the molecule is OC(CCN1CCC(C(O)c2ccc3cc(Cl)ccc3c2)CC1)c1ccccc1. The first-order valence-electron chi connectivity index (χ1n) is 10.4. The molecule has 0 aromatic heterocycles. The van der Waals surface area contributed by atoms with E-state index in [2.05, 4.69) is 11.0 Å². The molecule has 152 valence electrons. The summed E-state index contributed by atoms with van der Waals surface area (Å²) in [5.74, 6) is 0.273. The highest BCUT2D eigenvalue weighted by molar-refractivity contribution is 6.31. The minimum Gasteiger partial charge on any atom is -0.388 e. The molecule has 4 rings (SSSR count). The van der Waals surface area contributed by atoms with Crippen molar-refractivity contribution in [2.45, 2.75) is 31.5 Å². The normalized spacial score (nSPS) is 18.0. The van der Waals surface area contributed by atoms with Gasteiger partial charge in [0.1, 0.15) is 0 Å². The third kappa shape index (κ3) is 4.99. The summed E-state index contributed by atoms with van der Waals surface area (Å²) in [6.07, 6.45) is 1.84. The first-order valence-corrected chi connectivity index (χ1v) is 10.8. The number of fused-ring (bicyclic) bond motifs is 1. The third-order valence-electron chi connectivity index (χ3n) is 6.15. The van der Waals surface area contributed by atoms with Crippen LogP contribution in [-0.4, -0.2) is 34.7 Å². The van der Waals surface area contributed by atoms with E-state index in [4.69, 9.17) is 11.6 Å². The lowest BCUT2D eigenvalue weighted by atomic mass is 9.86. The zero-order chi connectivity index (χ0) is 20.2. The average Bonchev–Trinajstić information content (AvgIpc) is 2.77. The summed E-state index contributed by atoms with van der Waals surface area (Å²) in [7, 11) is 0. The van der Waals surface area contributed by atoms with Crippen molar-refractivity contribution in [3.8, 4) is 0 Å². The van der Waals surface area contributed by atoms with Crippen LogP contribution in [0, 0.1) is 5.92 Å². The minimum atomic E-state index is -0.438. The van der Waals surface area contributed by atoms with Gasteiger partial charge in [0.15, 0.2) is 0 Å². The molecular formula is C25H28ClNO2. The van der Waals surface area contributed by atoms with Gasteiger partial charge >= 0.3 is 0 Å². The maximum absolute atomic E-state index is 10.9. The molecule has 0 aliphatic carbocycles. The van der Waals surface area contributed by atoms with Crippen LogP contribution in [0.4, 0.5) is 0 Å². The van der Waals surface area contributed by atoms with Gasteiger partial charge in [0.05, 0.1) is 12.2 Å². The van der Waals surface area contributed by atoms with Crippen molar-refractivity contribution in [3.63, 3.8) is 0 Å². The van der Waals surface area contributed by atoms with E-state index in [-0.39, 0.29) is 5.92 Å². The highest BCUT2D eigenvalue weighted by Gasteiger charge is 2.26. The third-order valence-corrected chi connectivity index (χ3v) is 6.38. The molecule has 3 aromatic rings. The van der Waals surface area contributed by atoms with Crippen LogP contribution in [0.2, 0.25) is 5.02 Å². The number of rotatable bonds is 6. The largest absolute Gasteiger partial charge is 0.388 e. The topological polar surface area (TPSA) is 43.7 Å². The standard InChI is InChI=1S/C25H28ClNO2/c26-23-9-8-20-16-22(7-6-21(20)17-23)25(29)19-10-13-27(14-11-19)15-12-24(28)18-4-2-1-3-5-18/h1-9,16-17,19,24-25,28-29H,10-15H2. The van der Waals surface area contributed by atoms with Gasteiger partial charge in [0, 0.05) is 11.6 Å². The van der Waals surface area contributed by atoms with Crippen molar-refractivity contribution < 1.29 is 10.2 Å². The summed E-state index contributed by atoms with van der Waals surface area (Å²) >= 11 is 6.07. The molecule has 2 N–H and O–H groups in total. The Morgan fingerprint density at radius 3 is 2.31 bits per heavy atom. The van der Waals surface area contributed by atoms with Crippen molar-refractivity contribution in [1.82, 2.24) is 4.90 Å². The average molecular weight is 410 g/mol. The van der Waals surface area contributed by atoms with Crippen molar-refractivity contribution in [1.29, 1.82) is 0 Å². The molecule has 1 aliphatic heterocycles. The summed E-state index contributed by atoms with van der Waals surface area (Å²) in [6, 6.07) is 21.9. The van der Waals surface area contributed by atoms with Gasteiger partial charge in [-0.05, 0) is 78.4 Å². The maximum atomic E-state index is 10.9. The Kier molecular flexibility index (Phi) is 6.51. The van der Waals surface area contributed by atoms with Crippen molar-refractivity contribution in [2.24, 2.45) is 5.92 Å². The van der Waals surface area contributed by atoms with Crippen LogP contribution in [0.15, 0.2) is 66.7 Å². The Bertz CT molecular complexity index is 938. The Hall–Kier alpha value is -1.91. The highest BCUT2D eigenvalue weighted by atomic mass is 35.5. The molecule has 1 heterocycles. The van der Waals surface area contributed by atoms with Crippen LogP contribution >= 0.6 is 11.6 Å². The second kappa shape index (κ2) is 9.27. The Labute approximate surface area is 177 Å². The predicted molar refractivity (Wildman–Crippen MR) is 119 cm³/mol. The van der Waals surface area contributed by atoms with Gasteiger partial charge < -0.3 is 15.1 Å². The summed E-state index contributed by atoms with van der Waals surface area (Å²) in [4.78, 5) is 2.40. The summed E-state index contributed by atoms with van der Waals surface area (Å²) in [5, 5.41) is 24.2. The van der Waals surface area contributed by atoms with E-state index in [1.54, 1.807) is 0 Å². The molecular weight excluding hydrogens is 382 g/mol. The minimum absolute atomic E-state index is 0.273. The molecule has 4 heteroatoms. The van der Waals surface area contributed by atoms with Gasteiger partial charge in [-0.1, -0.05) is 60.1 Å². The molecule has 1 aliphatic rings. The zero-order valence-electron chi connectivity index (χ0n) is 16.5. The first kappa shape index (κ1) is 20.4. The maximum Gasteiger partial charge on any atom is 0.0819 e. The monoisotopic (exact) mass is 409 g/mol. The Morgan fingerprint density at radius 1 is 0.862 bits per heavy atom. The molecule has 3 nitrogen and oxygen atoms in total. The Morgan fingerprint density at radius 2 is 1.55 bits per heavy atom. The van der Waals surface area contributed by atoms with Crippen LogP contribution in [0.5, 0.6) is 0 Å². The number of hydrogen-bond acceptors (Lipinski definition) is 3. The number of benzene rings is 3. The summed E-state index contributed by atoms with van der Waals surface area (Å²) in [5.41, 5.74) is 1.97. The number of likely N-dealkylation sites (tertiary alicyclic amines) is 1. The van der Waals surface area contributed by atoms with Gasteiger partial charge in [-0.3, -0.25) is 0 Å². The number of aliphatic hydroxyl groups excluding tert-OH is 2. The molecule has 3 aromatic carbocycles. The van der Waals surface area contributed by atoms with Crippen LogP contribution in [0.25, 0.3) is 10.8 Å². The van der Waals surface area contributed by atoms with E-state index < -0.39 is 12.2 Å². The lowest BCUT2D eigenvalue weighted by Crippen LogP contribution is -2.36. The van der Waals surface area contributed by atoms with Gasteiger partial charge in [-0.25, -0.2) is 0 Å². The molecule has 2 unspecified atom stereocenters. The molecule has 0 amide bonds. The smallest absolute Gasteiger partial charge is 0.0819 e. The van der Waals surface area contributed by atoms with E-state index in [0.717, 1.165) is 65.8 Å². The molecule has 29 heavy (non-hydrogen) atoms. The number of nitrogens with zero attached hydrogens (tertiary/aromatic N) is 1. The number of aliphatic hydroxyl groups is 2. The van der Waals surface area contributed by atoms with E-state index in [9.17, 15) is 10.2 Å². The van der Waals surface area contributed by atoms with E-state index in [0.29, 0.717) is 0 Å². The number of piperidine rings is 1. The lowest BCUT2D eigenvalue weighted by molar-refractivity contribution is 0.0529. The van der Waals surface area contributed by atoms with E-state index in [1.165, 1.54) is 0 Å². The number of halogens is 1. The quantitative estimate of drug-likeness (QED) is 0.575. The summed E-state index contributed by atoms with van der Waals surface area (Å²) in [6.45, 7) is 2.81. The zero-order valence-corrected chi connectivity index (χ0v) is 17.3. The van der Waals surface area contributed by atoms with Gasteiger partial charge in [0.2, 0.25) is 0 Å². The van der Waals surface area contributed by atoms with Crippen molar-refractivity contribution in [2.75, 3.05) is 19.6 Å². The second-order valence-electron chi connectivity index (χ2n) is 8.09. The Balaban J connectivity index is 1.30. The van der Waals surface area contributed by atoms with E-state index >= 15 is 0 Å². The van der Waals surface area contributed by atoms with Crippen LogP contribution < -0.4 is 0 Å². The number of hydrogen-bond donors (Lipinski definition) is 2. The van der Waals surface area contributed by atoms with Crippen molar-refractivity contribution in [3.05, 3.63) is 82.9 Å². The molecule has 1 fully saturated rings. The van der Waals surface area contributed by atoms with Gasteiger partial charge in [0.25, 0.3) is 0 Å². The molecule has 0 saturated carbocycles. The lowest BCUT2D eigenvalue weighted by Gasteiger charge is -2.34. The fraction of sp³-hybridized carbons (Fsp3) is 0.360. The van der Waals surface area contributed by atoms with Crippen LogP contribution in [0.1, 0.15) is 42.6 Å². The second-order valence-corrected chi connectivity index (χ2v) is 8.53. The van der Waals surface area contributed by atoms with Gasteiger partial charge in [-0.15, -0.1) is 0 Å². The molecule has 1 saturated heterocycles. The van der Waals surface area contributed by atoms with Crippen molar-refractivity contribution >= 4 is 22.4 Å². The summed E-state index contributed by atoms with van der Waals surface area (Å²) < 4.78 is 0. The van der Waals surface area contributed by atoms with Gasteiger partial charge in [-0.2, -0.15) is 0 Å². The van der Waals surface area contributed by atoms with Crippen LogP contribution in [0.3, 0.4) is 0 Å². The first-order chi connectivity index (χ1) is 14.1. The highest BCUT2D eigenvalue weighted by Crippen LogP contribution is 2.33. The van der Waals surface area contributed by atoms with E-state index in [1.807, 2.05) is 60.7 Å². The predicted octanol–water partition coefficient (Wildman–Crippen LogP) is 5.36. The molecule has 2 atom stereocenters. The fourth-order valence-electron chi connectivity index (χ4n) is 4.33. The molecule has 0 spiro atoms. The fourth-order valence-corrected chi connectivity index (χ4v) is 4.51.